The van der Waals surface area contributed by atoms with Gasteiger partial charge < -0.3 is 15.2 Å². The zero-order valence-corrected chi connectivity index (χ0v) is 21.6. The van der Waals surface area contributed by atoms with Crippen LogP contribution < -0.4 is 5.73 Å². The summed E-state index contributed by atoms with van der Waals surface area (Å²) in [6.07, 6.45) is 0. The van der Waals surface area contributed by atoms with Crippen LogP contribution in [0.1, 0.15) is 39.2 Å². The average molecular weight is 504 g/mol. The molecule has 0 spiro atoms. The molecule has 0 saturated carbocycles. The molecule has 2 heterocycles. The van der Waals surface area contributed by atoms with E-state index in [4.69, 9.17) is 20.2 Å². The van der Waals surface area contributed by atoms with E-state index in [0.29, 0.717) is 22.7 Å². The van der Waals surface area contributed by atoms with E-state index in [1.165, 1.54) is 11.3 Å². The number of benzene rings is 2. The highest BCUT2D eigenvalue weighted by atomic mass is 32.1. The van der Waals surface area contributed by atoms with E-state index in [2.05, 4.69) is 4.99 Å². The van der Waals surface area contributed by atoms with Crippen LogP contribution in [0.4, 0.5) is 5.69 Å². The summed E-state index contributed by atoms with van der Waals surface area (Å²) in [6, 6.07) is 15.3. The second kappa shape index (κ2) is 10.9. The van der Waals surface area contributed by atoms with E-state index in [-0.39, 0.29) is 13.2 Å². The molecule has 36 heavy (non-hydrogen) atoms. The predicted molar refractivity (Wildman–Crippen MR) is 143 cm³/mol. The molecule has 4 rings (SSSR count). The van der Waals surface area contributed by atoms with Crippen molar-refractivity contribution in [2.24, 2.45) is 10.9 Å². The van der Waals surface area contributed by atoms with Gasteiger partial charge in [-0.05, 0) is 45.4 Å². The third kappa shape index (κ3) is 4.95. The number of esters is 2. The van der Waals surface area contributed by atoms with E-state index < -0.39 is 23.8 Å². The zero-order valence-electron chi connectivity index (χ0n) is 20.8. The van der Waals surface area contributed by atoms with Gasteiger partial charge in [0.25, 0.3) is 0 Å². The molecule has 2 aromatic carbocycles. The number of aromatic nitrogens is 1. The normalized spacial score (nSPS) is 17.5. The van der Waals surface area contributed by atoms with Crippen LogP contribution in [0, 0.1) is 5.92 Å². The fraction of sp³-hybridized carbons (Fsp3) is 0.286. The Morgan fingerprint density at radius 2 is 1.78 bits per heavy atom. The summed E-state index contributed by atoms with van der Waals surface area (Å²) >= 11 is 1.49. The van der Waals surface area contributed by atoms with Crippen molar-refractivity contribution in [3.8, 4) is 21.8 Å². The number of carbonyl (C=O) groups excluding carboxylic acids is 2. The second-order valence-corrected chi connectivity index (χ2v) is 9.29. The number of nitrogens with two attached hydrogens (primary N) is 1. The van der Waals surface area contributed by atoms with Crippen LogP contribution in [0.15, 0.2) is 70.2 Å². The Bertz CT molecular complexity index is 1360. The van der Waals surface area contributed by atoms with E-state index in [1.807, 2.05) is 53.9 Å². The number of rotatable bonds is 7. The maximum Gasteiger partial charge on any atom is 0.336 e. The largest absolute Gasteiger partial charge is 0.465 e. The smallest absolute Gasteiger partial charge is 0.336 e. The van der Waals surface area contributed by atoms with Crippen molar-refractivity contribution in [2.75, 3.05) is 18.9 Å². The van der Waals surface area contributed by atoms with Crippen LogP contribution in [-0.4, -0.2) is 35.8 Å². The summed E-state index contributed by atoms with van der Waals surface area (Å²) in [5, 5.41) is 2.75. The van der Waals surface area contributed by atoms with Crippen molar-refractivity contribution >= 4 is 34.7 Å². The molecular weight excluding hydrogens is 474 g/mol. The molecule has 0 fully saturated rings. The van der Waals surface area contributed by atoms with Gasteiger partial charge in [0.05, 0.1) is 24.5 Å². The standard InChI is InChI=1S/C28H29N3O4S/c1-5-34-27(32)23-16(3)30-17(4)24(28(33)35-6-2)25(23)20-12-7-8-13-21(20)26-31-22(15-36-26)18-10-9-11-19(29)14-18/h7-15,23,25H,5-6,29H2,1-4H3. The van der Waals surface area contributed by atoms with Crippen LogP contribution in [0.3, 0.4) is 0 Å². The van der Waals surface area contributed by atoms with Gasteiger partial charge in [0, 0.05) is 39.5 Å². The first kappa shape index (κ1) is 25.3. The van der Waals surface area contributed by atoms with Gasteiger partial charge in [0.1, 0.15) is 10.9 Å². The Morgan fingerprint density at radius 3 is 2.50 bits per heavy atom. The number of allylic oxidation sites excluding steroid dienone is 1. The Hall–Kier alpha value is -3.78. The molecule has 8 heteroatoms. The lowest BCUT2D eigenvalue weighted by atomic mass is 9.74. The Kier molecular flexibility index (Phi) is 7.64. The number of carbonyl (C=O) groups is 2. The molecule has 0 radical (unpaired) electrons. The molecule has 2 atom stereocenters. The maximum atomic E-state index is 13.2. The van der Waals surface area contributed by atoms with Crippen LogP contribution in [-0.2, 0) is 19.1 Å². The van der Waals surface area contributed by atoms with Crippen molar-refractivity contribution in [2.45, 2.75) is 33.6 Å². The molecule has 2 N–H and O–H groups in total. The first-order valence-electron chi connectivity index (χ1n) is 11.9. The number of anilines is 1. The average Bonchev–Trinajstić information content (AvgIpc) is 3.34. The number of nitrogens with zero attached hydrogens (tertiary/aromatic N) is 2. The number of aliphatic imine (C=N–C) groups is 1. The molecule has 3 aromatic rings. The summed E-state index contributed by atoms with van der Waals surface area (Å²) in [6.45, 7) is 7.52. The Labute approximate surface area is 214 Å². The monoisotopic (exact) mass is 503 g/mol. The van der Waals surface area contributed by atoms with E-state index in [0.717, 1.165) is 27.4 Å². The molecular formula is C28H29N3O4S. The van der Waals surface area contributed by atoms with Crippen LogP contribution in [0.5, 0.6) is 0 Å². The summed E-state index contributed by atoms with van der Waals surface area (Å²) in [5.74, 6) is -2.30. The lowest BCUT2D eigenvalue weighted by molar-refractivity contribution is -0.146. The minimum absolute atomic E-state index is 0.215. The fourth-order valence-corrected chi connectivity index (χ4v) is 5.45. The molecule has 0 aliphatic carbocycles. The van der Waals surface area contributed by atoms with Gasteiger partial charge in [-0.2, -0.15) is 0 Å². The van der Waals surface area contributed by atoms with Gasteiger partial charge in [-0.1, -0.05) is 36.4 Å². The first-order chi connectivity index (χ1) is 17.3. The molecule has 7 nitrogen and oxygen atoms in total. The van der Waals surface area contributed by atoms with E-state index >= 15 is 0 Å². The van der Waals surface area contributed by atoms with Crippen molar-refractivity contribution in [1.29, 1.82) is 0 Å². The highest BCUT2D eigenvalue weighted by Gasteiger charge is 2.43. The van der Waals surface area contributed by atoms with Crippen molar-refractivity contribution in [3.63, 3.8) is 0 Å². The van der Waals surface area contributed by atoms with Gasteiger partial charge in [0.2, 0.25) is 0 Å². The summed E-state index contributed by atoms with van der Waals surface area (Å²) in [5.41, 5.74) is 11.5. The van der Waals surface area contributed by atoms with Gasteiger partial charge in [-0.3, -0.25) is 9.79 Å². The number of thiazole rings is 1. The molecule has 2 unspecified atom stereocenters. The number of nitrogen functional groups attached to an aromatic ring is 1. The van der Waals surface area contributed by atoms with Crippen molar-refractivity contribution in [1.82, 2.24) is 4.98 Å². The van der Waals surface area contributed by atoms with Crippen molar-refractivity contribution in [3.05, 3.63) is 70.7 Å². The zero-order chi connectivity index (χ0) is 25.8. The van der Waals surface area contributed by atoms with E-state index in [9.17, 15) is 9.59 Å². The summed E-state index contributed by atoms with van der Waals surface area (Å²) in [4.78, 5) is 35.8. The highest BCUT2D eigenvalue weighted by molar-refractivity contribution is 7.13. The third-order valence-electron chi connectivity index (χ3n) is 6.08. The summed E-state index contributed by atoms with van der Waals surface area (Å²) in [7, 11) is 0. The third-order valence-corrected chi connectivity index (χ3v) is 6.95. The Balaban J connectivity index is 1.87. The maximum absolute atomic E-state index is 13.2. The number of hydrogen-bond acceptors (Lipinski definition) is 8. The molecule has 1 aromatic heterocycles. The Morgan fingerprint density at radius 1 is 1.03 bits per heavy atom. The fourth-order valence-electron chi connectivity index (χ4n) is 4.58. The molecule has 186 valence electrons. The molecule has 0 bridgehead atoms. The first-order valence-corrected chi connectivity index (χ1v) is 12.7. The quantitative estimate of drug-likeness (QED) is 0.331. The second-order valence-electron chi connectivity index (χ2n) is 8.43. The topological polar surface area (TPSA) is 104 Å². The lowest BCUT2D eigenvalue weighted by Crippen LogP contribution is -2.36. The van der Waals surface area contributed by atoms with Gasteiger partial charge in [-0.15, -0.1) is 11.3 Å². The highest BCUT2D eigenvalue weighted by Crippen LogP contribution is 2.44. The van der Waals surface area contributed by atoms with Crippen molar-refractivity contribution < 1.29 is 19.1 Å². The van der Waals surface area contributed by atoms with Crippen LogP contribution in [0.2, 0.25) is 0 Å². The summed E-state index contributed by atoms with van der Waals surface area (Å²) < 4.78 is 10.8. The van der Waals surface area contributed by atoms with Crippen LogP contribution in [0.25, 0.3) is 21.8 Å². The van der Waals surface area contributed by atoms with Crippen LogP contribution >= 0.6 is 11.3 Å². The molecule has 1 aliphatic rings. The molecule has 0 amide bonds. The van der Waals surface area contributed by atoms with Gasteiger partial charge in [-0.25, -0.2) is 9.78 Å². The molecule has 0 saturated heterocycles. The lowest BCUT2D eigenvalue weighted by Gasteiger charge is -2.32. The van der Waals surface area contributed by atoms with E-state index in [1.54, 1.807) is 27.7 Å². The van der Waals surface area contributed by atoms with Gasteiger partial charge in [0.15, 0.2) is 0 Å². The SMILES string of the molecule is CCOC(=O)C1=C(C)N=C(C)C(C(=O)OCC)C1c1ccccc1-c1nc(-c2cccc(N)c2)cs1. The van der Waals surface area contributed by atoms with Gasteiger partial charge >= 0.3 is 11.9 Å². The number of hydrogen-bond donors (Lipinski definition) is 1. The molecule has 1 aliphatic heterocycles. The predicted octanol–water partition coefficient (Wildman–Crippen LogP) is 5.63. The number of ether oxygens (including phenoxy) is 2. The minimum Gasteiger partial charge on any atom is -0.465 e. The minimum atomic E-state index is -0.762.